The summed E-state index contributed by atoms with van der Waals surface area (Å²) >= 11 is 0. The monoisotopic (exact) mass is 524 g/mol. The summed E-state index contributed by atoms with van der Waals surface area (Å²) in [5.74, 6) is 0.399. The summed E-state index contributed by atoms with van der Waals surface area (Å²) in [5, 5.41) is 9.62. The maximum atomic E-state index is 13.1. The zero-order chi connectivity index (χ0) is 26.8. The van der Waals surface area contributed by atoms with E-state index in [1.54, 1.807) is 24.4 Å². The SMILES string of the molecule is CCCc1ccccc1C1(Oc2ccn(-c3ccc(S(C)(=O)=O)cc3)c(=O)c2)CCN(C(=O)O)C(C)C1. The molecule has 1 fully saturated rings. The van der Waals surface area contributed by atoms with Gasteiger partial charge in [0.25, 0.3) is 5.56 Å². The smallest absolute Gasteiger partial charge is 0.407 e. The van der Waals surface area contributed by atoms with Crippen molar-refractivity contribution < 1.29 is 23.1 Å². The van der Waals surface area contributed by atoms with Crippen LogP contribution in [-0.2, 0) is 21.9 Å². The van der Waals surface area contributed by atoms with Crippen LogP contribution in [0.25, 0.3) is 5.69 Å². The molecule has 2 heterocycles. The van der Waals surface area contributed by atoms with Crippen LogP contribution < -0.4 is 10.3 Å². The number of aryl methyl sites for hydroxylation is 1. The van der Waals surface area contributed by atoms with Crippen LogP contribution in [0.15, 0.2) is 76.6 Å². The van der Waals surface area contributed by atoms with Crippen molar-refractivity contribution >= 4 is 15.9 Å². The predicted octanol–water partition coefficient (Wildman–Crippen LogP) is 4.63. The molecule has 196 valence electrons. The Labute approximate surface area is 217 Å². The van der Waals surface area contributed by atoms with E-state index in [0.717, 1.165) is 30.2 Å². The fourth-order valence-corrected chi connectivity index (χ4v) is 5.79. The number of hydrogen-bond acceptors (Lipinski definition) is 5. The number of carboxylic acid groups (broad SMARTS) is 1. The molecule has 2 atom stereocenters. The fourth-order valence-electron chi connectivity index (χ4n) is 5.16. The van der Waals surface area contributed by atoms with E-state index < -0.39 is 21.5 Å². The quantitative estimate of drug-likeness (QED) is 0.483. The number of hydrogen-bond donors (Lipinski definition) is 1. The van der Waals surface area contributed by atoms with E-state index in [1.807, 2.05) is 25.1 Å². The third-order valence-electron chi connectivity index (χ3n) is 6.93. The lowest BCUT2D eigenvalue weighted by Gasteiger charge is -2.45. The van der Waals surface area contributed by atoms with E-state index in [0.29, 0.717) is 30.8 Å². The largest absolute Gasteiger partial charge is 0.482 e. The Hall–Kier alpha value is -3.59. The Kier molecular flexibility index (Phi) is 7.45. The van der Waals surface area contributed by atoms with Crippen molar-refractivity contribution in [3.63, 3.8) is 0 Å². The topological polar surface area (TPSA) is 106 Å². The van der Waals surface area contributed by atoms with Crippen molar-refractivity contribution in [2.75, 3.05) is 12.8 Å². The molecule has 1 N–H and O–H groups in total. The van der Waals surface area contributed by atoms with Crippen LogP contribution in [0.5, 0.6) is 5.75 Å². The Morgan fingerprint density at radius 3 is 2.43 bits per heavy atom. The van der Waals surface area contributed by atoms with Gasteiger partial charge in [0.15, 0.2) is 9.84 Å². The number of nitrogens with zero attached hydrogens (tertiary/aromatic N) is 2. The van der Waals surface area contributed by atoms with Crippen LogP contribution in [0.1, 0.15) is 44.2 Å². The average Bonchev–Trinajstić information content (AvgIpc) is 2.84. The normalized spacial score (nSPS) is 20.0. The molecule has 37 heavy (non-hydrogen) atoms. The Morgan fingerprint density at radius 2 is 1.84 bits per heavy atom. The number of pyridine rings is 1. The Balaban J connectivity index is 1.70. The third-order valence-corrected chi connectivity index (χ3v) is 8.06. The number of sulfone groups is 1. The maximum absolute atomic E-state index is 13.1. The highest BCUT2D eigenvalue weighted by Crippen LogP contribution is 2.41. The summed E-state index contributed by atoms with van der Waals surface area (Å²) in [7, 11) is -3.34. The standard InChI is InChI=1S/C28H32N2O6S/c1-4-7-21-8-5-6-9-25(21)28(15-17-29(27(32)33)20(2)19-28)36-23-14-16-30(26(31)18-23)22-10-12-24(13-11-22)37(3,34)35/h5-6,8-14,16,18,20H,4,7,15,17,19H2,1-3H3,(H,32,33). The first-order valence-corrected chi connectivity index (χ1v) is 14.2. The van der Waals surface area contributed by atoms with Gasteiger partial charge in [-0.15, -0.1) is 0 Å². The van der Waals surface area contributed by atoms with Crippen molar-refractivity contribution in [3.05, 3.63) is 88.3 Å². The van der Waals surface area contributed by atoms with Crippen LogP contribution in [0.2, 0.25) is 0 Å². The maximum Gasteiger partial charge on any atom is 0.407 e. The van der Waals surface area contributed by atoms with Gasteiger partial charge in [-0.3, -0.25) is 9.36 Å². The van der Waals surface area contributed by atoms with Gasteiger partial charge in [0, 0.05) is 49.6 Å². The third kappa shape index (κ3) is 5.56. The van der Waals surface area contributed by atoms with Gasteiger partial charge in [0.05, 0.1) is 4.90 Å². The summed E-state index contributed by atoms with van der Waals surface area (Å²) in [5.41, 5.74) is 1.61. The molecule has 3 aromatic rings. The van der Waals surface area contributed by atoms with E-state index in [9.17, 15) is 23.1 Å². The highest BCUT2D eigenvalue weighted by atomic mass is 32.2. The van der Waals surface area contributed by atoms with Gasteiger partial charge < -0.3 is 14.7 Å². The van der Waals surface area contributed by atoms with Gasteiger partial charge in [0.2, 0.25) is 0 Å². The van der Waals surface area contributed by atoms with E-state index in [4.69, 9.17) is 4.74 Å². The van der Waals surface area contributed by atoms with Gasteiger partial charge in [-0.25, -0.2) is 13.2 Å². The predicted molar refractivity (Wildman–Crippen MR) is 141 cm³/mol. The molecule has 0 saturated carbocycles. The van der Waals surface area contributed by atoms with Crippen molar-refractivity contribution in [2.45, 2.75) is 56.1 Å². The average molecular weight is 525 g/mol. The van der Waals surface area contributed by atoms with E-state index >= 15 is 0 Å². The summed E-state index contributed by atoms with van der Waals surface area (Å²) in [4.78, 5) is 26.4. The summed E-state index contributed by atoms with van der Waals surface area (Å²) in [6, 6.07) is 17.1. The van der Waals surface area contributed by atoms with Gasteiger partial charge >= 0.3 is 6.09 Å². The van der Waals surface area contributed by atoms with Crippen LogP contribution in [-0.4, -0.2) is 47.9 Å². The van der Waals surface area contributed by atoms with E-state index in [1.165, 1.54) is 27.7 Å². The molecule has 9 heteroatoms. The second kappa shape index (κ2) is 10.4. The highest BCUT2D eigenvalue weighted by molar-refractivity contribution is 7.90. The Bertz CT molecular complexity index is 1450. The molecule has 1 saturated heterocycles. The first-order chi connectivity index (χ1) is 17.5. The first-order valence-electron chi connectivity index (χ1n) is 12.3. The van der Waals surface area contributed by atoms with Gasteiger partial charge in [-0.1, -0.05) is 37.6 Å². The molecule has 1 aliphatic heterocycles. The highest BCUT2D eigenvalue weighted by Gasteiger charge is 2.44. The van der Waals surface area contributed by atoms with Crippen LogP contribution >= 0.6 is 0 Å². The lowest BCUT2D eigenvalue weighted by molar-refractivity contribution is -0.0214. The van der Waals surface area contributed by atoms with Crippen molar-refractivity contribution in [1.82, 2.24) is 9.47 Å². The van der Waals surface area contributed by atoms with E-state index in [2.05, 4.69) is 13.0 Å². The number of piperidine rings is 1. The second-order valence-corrected chi connectivity index (χ2v) is 11.6. The van der Waals surface area contributed by atoms with Gasteiger partial charge in [-0.2, -0.15) is 0 Å². The number of aromatic nitrogens is 1. The molecular weight excluding hydrogens is 492 g/mol. The lowest BCUT2D eigenvalue weighted by Crippen LogP contribution is -2.52. The molecular formula is C28H32N2O6S. The molecule has 1 amide bonds. The second-order valence-electron chi connectivity index (χ2n) is 9.62. The minimum Gasteiger partial charge on any atom is -0.482 e. The lowest BCUT2D eigenvalue weighted by atomic mass is 9.78. The molecule has 1 aliphatic rings. The summed E-state index contributed by atoms with van der Waals surface area (Å²) < 4.78 is 31.6. The molecule has 2 unspecified atom stereocenters. The number of rotatable bonds is 7. The van der Waals surface area contributed by atoms with Gasteiger partial charge in [0.1, 0.15) is 11.4 Å². The molecule has 4 rings (SSSR count). The summed E-state index contributed by atoms with van der Waals surface area (Å²) in [6.07, 6.45) is 4.52. The minimum atomic E-state index is -3.34. The number of amides is 1. The van der Waals surface area contributed by atoms with E-state index in [-0.39, 0.29) is 16.5 Å². The number of likely N-dealkylation sites (tertiary alicyclic amines) is 1. The summed E-state index contributed by atoms with van der Waals surface area (Å²) in [6.45, 7) is 4.31. The van der Waals surface area contributed by atoms with Crippen LogP contribution in [0, 0.1) is 0 Å². The molecule has 0 radical (unpaired) electrons. The van der Waals surface area contributed by atoms with Gasteiger partial charge in [-0.05, 0) is 54.8 Å². The first kappa shape index (κ1) is 26.5. The number of carbonyl (C=O) groups is 1. The number of ether oxygens (including phenoxy) is 1. The van der Waals surface area contributed by atoms with Crippen molar-refractivity contribution in [2.24, 2.45) is 0 Å². The Morgan fingerprint density at radius 1 is 1.14 bits per heavy atom. The zero-order valence-electron chi connectivity index (χ0n) is 21.3. The fraction of sp³-hybridized carbons (Fsp3) is 0.357. The van der Waals surface area contributed by atoms with Crippen LogP contribution in [0.4, 0.5) is 4.79 Å². The molecule has 0 aliphatic carbocycles. The van der Waals surface area contributed by atoms with Crippen molar-refractivity contribution in [3.8, 4) is 11.4 Å². The molecule has 0 bridgehead atoms. The molecule has 1 aromatic heterocycles. The molecule has 8 nitrogen and oxygen atoms in total. The molecule has 0 spiro atoms. The van der Waals surface area contributed by atoms with Crippen LogP contribution in [0.3, 0.4) is 0 Å². The van der Waals surface area contributed by atoms with Crippen molar-refractivity contribution in [1.29, 1.82) is 0 Å². The zero-order valence-corrected chi connectivity index (χ0v) is 22.1. The number of benzene rings is 2. The minimum absolute atomic E-state index is 0.179. The molecule has 2 aromatic carbocycles.